The fraction of sp³-hybridized carbons (Fsp3) is 0.333. The zero-order valence-electron chi connectivity index (χ0n) is 16.2. The van der Waals surface area contributed by atoms with Crippen LogP contribution in [0.5, 0.6) is 0 Å². The number of carbonyl (C=O) groups is 1. The van der Waals surface area contributed by atoms with Crippen LogP contribution in [0.3, 0.4) is 0 Å². The molecule has 0 aliphatic rings. The Morgan fingerprint density at radius 1 is 0.963 bits per heavy atom. The highest BCUT2D eigenvalue weighted by atomic mass is 16.5. The van der Waals surface area contributed by atoms with E-state index < -0.39 is 5.97 Å². The van der Waals surface area contributed by atoms with Gasteiger partial charge in [-0.05, 0) is 30.4 Å². The monoisotopic (exact) mass is 361 g/mol. The van der Waals surface area contributed by atoms with Crippen LogP contribution < -0.4 is 0 Å². The van der Waals surface area contributed by atoms with Crippen LogP contribution >= 0.6 is 0 Å². The van der Waals surface area contributed by atoms with Crippen molar-refractivity contribution in [3.63, 3.8) is 0 Å². The molecule has 0 N–H and O–H groups in total. The van der Waals surface area contributed by atoms with E-state index in [-0.39, 0.29) is 6.10 Å². The minimum atomic E-state index is -0.426. The van der Waals surface area contributed by atoms with E-state index >= 15 is 0 Å². The van der Waals surface area contributed by atoms with E-state index in [4.69, 9.17) is 4.74 Å². The summed E-state index contributed by atoms with van der Waals surface area (Å²) in [7, 11) is 0. The van der Waals surface area contributed by atoms with Gasteiger partial charge >= 0.3 is 5.97 Å². The van der Waals surface area contributed by atoms with Gasteiger partial charge in [0.1, 0.15) is 12.2 Å². The van der Waals surface area contributed by atoms with Gasteiger partial charge in [0.2, 0.25) is 0 Å². The first-order valence-electron chi connectivity index (χ1n) is 9.67. The Morgan fingerprint density at radius 2 is 1.56 bits per heavy atom. The molecule has 2 aromatic carbocycles. The van der Waals surface area contributed by atoms with Crippen LogP contribution in [0, 0.1) is 11.3 Å². The van der Waals surface area contributed by atoms with E-state index in [2.05, 4.69) is 13.0 Å². The maximum atomic E-state index is 13.1. The molecule has 2 rings (SSSR count). The Balaban J connectivity index is 2.40. The first-order valence-corrected chi connectivity index (χ1v) is 9.67. The van der Waals surface area contributed by atoms with E-state index in [1.54, 1.807) is 0 Å². The summed E-state index contributed by atoms with van der Waals surface area (Å²) in [5.41, 5.74) is 2.09. The van der Waals surface area contributed by atoms with Gasteiger partial charge in [-0.3, -0.25) is 0 Å². The zero-order valence-corrected chi connectivity index (χ0v) is 16.2. The second-order valence-electron chi connectivity index (χ2n) is 6.53. The summed E-state index contributed by atoms with van der Waals surface area (Å²) < 4.78 is 5.82. The van der Waals surface area contributed by atoms with Crippen LogP contribution in [0.1, 0.15) is 57.1 Å². The highest BCUT2D eigenvalue weighted by molar-refractivity contribution is 6.26. The first kappa shape index (κ1) is 20.5. The topological polar surface area (TPSA) is 50.1 Å². The van der Waals surface area contributed by atoms with Crippen LogP contribution in [-0.2, 0) is 9.53 Å². The van der Waals surface area contributed by atoms with Gasteiger partial charge in [0, 0.05) is 0 Å². The van der Waals surface area contributed by atoms with Crippen molar-refractivity contribution in [2.75, 3.05) is 0 Å². The third-order valence-corrected chi connectivity index (χ3v) is 4.55. The summed E-state index contributed by atoms with van der Waals surface area (Å²) in [4.78, 5) is 13.1. The molecule has 27 heavy (non-hydrogen) atoms. The maximum absolute atomic E-state index is 13.1. The van der Waals surface area contributed by atoms with Gasteiger partial charge < -0.3 is 4.74 Å². The minimum Gasteiger partial charge on any atom is -0.459 e. The lowest BCUT2D eigenvalue weighted by atomic mass is 9.95. The summed E-state index contributed by atoms with van der Waals surface area (Å²) in [5.74, 6) is -0.426. The molecule has 1 unspecified atom stereocenters. The number of carbonyl (C=O) groups excluding carboxylic acids is 1. The molecule has 0 bridgehead atoms. The van der Waals surface area contributed by atoms with Gasteiger partial charge in [-0.1, -0.05) is 87.4 Å². The molecule has 0 amide bonds. The van der Waals surface area contributed by atoms with E-state index in [9.17, 15) is 10.1 Å². The Labute approximate surface area is 162 Å². The minimum absolute atomic E-state index is 0.126. The van der Waals surface area contributed by atoms with Crippen molar-refractivity contribution < 1.29 is 9.53 Å². The van der Waals surface area contributed by atoms with Gasteiger partial charge in [-0.15, -0.1) is 0 Å². The van der Waals surface area contributed by atoms with Crippen LogP contribution in [0.2, 0.25) is 0 Å². The lowest BCUT2D eigenvalue weighted by Gasteiger charge is -2.18. The molecule has 3 nitrogen and oxygen atoms in total. The quantitative estimate of drug-likeness (QED) is 0.180. The third kappa shape index (κ3) is 5.82. The Morgan fingerprint density at radius 3 is 2.07 bits per heavy atom. The SMILES string of the molecule is CCCCCC(CC)OC(=O)C(=C(C#N)c1ccccc1)c1ccccc1. The number of allylic oxidation sites excluding steroid dienone is 1. The average molecular weight is 361 g/mol. The molecule has 0 aliphatic carbocycles. The fourth-order valence-corrected chi connectivity index (χ4v) is 3.02. The number of rotatable bonds is 9. The van der Waals surface area contributed by atoms with Gasteiger partial charge in [-0.2, -0.15) is 5.26 Å². The summed E-state index contributed by atoms with van der Waals surface area (Å²) in [6.45, 7) is 4.18. The molecule has 0 heterocycles. The molecule has 0 spiro atoms. The van der Waals surface area contributed by atoms with Crippen LogP contribution in [0.15, 0.2) is 60.7 Å². The van der Waals surface area contributed by atoms with E-state index in [1.807, 2.05) is 67.6 Å². The van der Waals surface area contributed by atoms with Gasteiger partial charge in [-0.25, -0.2) is 4.79 Å². The molecule has 0 saturated carbocycles. The van der Waals surface area contributed by atoms with E-state index in [0.717, 1.165) is 37.7 Å². The Hall–Kier alpha value is -2.86. The molecule has 1 atom stereocenters. The lowest BCUT2D eigenvalue weighted by molar-refractivity contribution is -0.142. The summed E-state index contributed by atoms with van der Waals surface area (Å²) in [6, 6.07) is 20.8. The number of nitriles is 1. The van der Waals surface area contributed by atoms with Crippen molar-refractivity contribution in [3.05, 3.63) is 71.8 Å². The van der Waals surface area contributed by atoms with Crippen LogP contribution in [0.4, 0.5) is 0 Å². The number of benzene rings is 2. The molecule has 0 saturated heterocycles. The molecule has 2 aromatic rings. The number of esters is 1. The van der Waals surface area contributed by atoms with Crippen molar-refractivity contribution in [2.45, 2.75) is 52.1 Å². The molecular formula is C24H27NO2. The van der Waals surface area contributed by atoms with E-state index in [0.29, 0.717) is 16.7 Å². The number of unbranched alkanes of at least 4 members (excludes halogenated alkanes) is 2. The van der Waals surface area contributed by atoms with E-state index in [1.165, 1.54) is 0 Å². The van der Waals surface area contributed by atoms with Crippen molar-refractivity contribution in [2.24, 2.45) is 0 Å². The number of nitrogens with zero attached hydrogens (tertiary/aromatic N) is 1. The third-order valence-electron chi connectivity index (χ3n) is 4.55. The van der Waals surface area contributed by atoms with Gasteiger partial charge in [0.05, 0.1) is 11.1 Å². The molecule has 0 radical (unpaired) electrons. The largest absolute Gasteiger partial charge is 0.459 e. The molecule has 0 fully saturated rings. The summed E-state index contributed by atoms with van der Waals surface area (Å²) in [5, 5.41) is 9.81. The second kappa shape index (κ2) is 11.0. The predicted octanol–water partition coefficient (Wildman–Crippen LogP) is 6.02. The van der Waals surface area contributed by atoms with Crippen molar-refractivity contribution in [3.8, 4) is 6.07 Å². The summed E-state index contributed by atoms with van der Waals surface area (Å²) >= 11 is 0. The zero-order chi connectivity index (χ0) is 19.5. The smallest absolute Gasteiger partial charge is 0.340 e. The second-order valence-corrected chi connectivity index (χ2v) is 6.53. The van der Waals surface area contributed by atoms with Crippen molar-refractivity contribution in [1.29, 1.82) is 5.26 Å². The van der Waals surface area contributed by atoms with Gasteiger partial charge in [0.15, 0.2) is 0 Å². The van der Waals surface area contributed by atoms with Crippen molar-refractivity contribution in [1.82, 2.24) is 0 Å². The number of ether oxygens (including phenoxy) is 1. The molecule has 0 aliphatic heterocycles. The molecular weight excluding hydrogens is 334 g/mol. The fourth-order valence-electron chi connectivity index (χ4n) is 3.02. The standard InChI is InChI=1S/C24H27NO2/c1-3-5-8-17-21(4-2)27-24(26)23(20-15-11-7-12-16-20)22(18-25)19-13-9-6-10-14-19/h6-7,9-16,21H,3-5,8,17H2,1-2H3. The Bertz CT molecular complexity index is 788. The lowest BCUT2D eigenvalue weighted by Crippen LogP contribution is -2.19. The van der Waals surface area contributed by atoms with Crippen LogP contribution in [0.25, 0.3) is 11.1 Å². The molecule has 0 aromatic heterocycles. The average Bonchev–Trinajstić information content (AvgIpc) is 2.72. The van der Waals surface area contributed by atoms with Crippen LogP contribution in [-0.4, -0.2) is 12.1 Å². The number of hydrogen-bond donors (Lipinski definition) is 0. The van der Waals surface area contributed by atoms with Gasteiger partial charge in [0.25, 0.3) is 0 Å². The predicted molar refractivity (Wildman–Crippen MR) is 110 cm³/mol. The Kier molecular flexibility index (Phi) is 8.32. The highest BCUT2D eigenvalue weighted by Gasteiger charge is 2.23. The maximum Gasteiger partial charge on any atom is 0.340 e. The summed E-state index contributed by atoms with van der Waals surface area (Å²) in [6.07, 6.45) is 4.79. The highest BCUT2D eigenvalue weighted by Crippen LogP contribution is 2.28. The normalized spacial score (nSPS) is 12.6. The van der Waals surface area contributed by atoms with Crippen molar-refractivity contribution >= 4 is 17.1 Å². The molecule has 3 heteroatoms. The first-order chi connectivity index (χ1) is 13.2. The molecule has 140 valence electrons. The number of hydrogen-bond acceptors (Lipinski definition) is 3.